The van der Waals surface area contributed by atoms with Gasteiger partial charge in [-0.3, -0.25) is 4.90 Å². The predicted octanol–water partition coefficient (Wildman–Crippen LogP) is 3.44. The van der Waals surface area contributed by atoms with Crippen LogP contribution in [0.25, 0.3) is 0 Å². The van der Waals surface area contributed by atoms with Gasteiger partial charge in [0.25, 0.3) is 0 Å². The molecule has 0 aliphatic heterocycles. The Kier molecular flexibility index (Phi) is 5.08. The fourth-order valence-electron chi connectivity index (χ4n) is 4.07. The molecule has 0 radical (unpaired) electrons. The van der Waals surface area contributed by atoms with E-state index in [9.17, 15) is 5.11 Å². The van der Waals surface area contributed by atoms with E-state index in [1.54, 1.807) is 0 Å². The van der Waals surface area contributed by atoms with Gasteiger partial charge in [-0.15, -0.1) is 0 Å². The van der Waals surface area contributed by atoms with Gasteiger partial charge in [-0.05, 0) is 51.0 Å². The summed E-state index contributed by atoms with van der Waals surface area (Å²) in [6, 6.07) is 1.13. The van der Waals surface area contributed by atoms with Crippen LogP contribution in [0.1, 0.15) is 65.2 Å². The fourth-order valence-corrected chi connectivity index (χ4v) is 4.07. The maximum atomic E-state index is 10.3. The average molecular weight is 253 g/mol. The number of hydrogen-bond donors (Lipinski definition) is 1. The molecule has 0 saturated heterocycles. The minimum absolute atomic E-state index is 0.0879. The molecule has 0 aromatic carbocycles. The van der Waals surface area contributed by atoms with E-state index >= 15 is 0 Å². The van der Waals surface area contributed by atoms with Gasteiger partial charge < -0.3 is 5.11 Å². The lowest BCUT2D eigenvalue weighted by atomic mass is 9.79. The van der Waals surface area contributed by atoms with Crippen LogP contribution in [0.15, 0.2) is 0 Å². The Bertz CT molecular complexity index is 255. The Balaban J connectivity index is 1.95. The number of rotatable bonds is 3. The standard InChI is InChI=1S/C16H31NO/c1-4-13-8-9-16(18)15(11-13)17(3)14-7-5-6-12(2)10-14/h12-16,18H,4-11H2,1-3H3. The van der Waals surface area contributed by atoms with Crippen LogP contribution in [-0.2, 0) is 0 Å². The van der Waals surface area contributed by atoms with E-state index in [1.165, 1.54) is 44.9 Å². The highest BCUT2D eigenvalue weighted by Crippen LogP contribution is 2.34. The largest absolute Gasteiger partial charge is 0.391 e. The van der Waals surface area contributed by atoms with Crippen molar-refractivity contribution in [2.45, 2.75) is 83.4 Å². The van der Waals surface area contributed by atoms with Gasteiger partial charge in [0, 0.05) is 12.1 Å². The summed E-state index contributed by atoms with van der Waals surface area (Å²) in [7, 11) is 2.26. The first-order valence-electron chi connectivity index (χ1n) is 8.01. The second kappa shape index (κ2) is 6.38. The smallest absolute Gasteiger partial charge is 0.0695 e. The molecular weight excluding hydrogens is 222 g/mol. The van der Waals surface area contributed by atoms with Crippen molar-refractivity contribution in [1.82, 2.24) is 4.90 Å². The monoisotopic (exact) mass is 253 g/mol. The normalized spacial score (nSPS) is 42.2. The summed E-state index contributed by atoms with van der Waals surface area (Å²) in [5.41, 5.74) is 0. The van der Waals surface area contributed by atoms with Crippen LogP contribution in [-0.4, -0.2) is 35.2 Å². The van der Waals surface area contributed by atoms with E-state index in [0.29, 0.717) is 12.1 Å². The Hall–Kier alpha value is -0.0800. The van der Waals surface area contributed by atoms with Gasteiger partial charge in [0.15, 0.2) is 0 Å². The summed E-state index contributed by atoms with van der Waals surface area (Å²) in [4.78, 5) is 2.53. The van der Waals surface area contributed by atoms with Crippen LogP contribution < -0.4 is 0 Å². The zero-order chi connectivity index (χ0) is 13.1. The topological polar surface area (TPSA) is 23.5 Å². The molecule has 2 aliphatic carbocycles. The quantitative estimate of drug-likeness (QED) is 0.833. The van der Waals surface area contributed by atoms with Crippen LogP contribution in [0.5, 0.6) is 0 Å². The van der Waals surface area contributed by atoms with E-state index in [4.69, 9.17) is 0 Å². The summed E-state index contributed by atoms with van der Waals surface area (Å²) in [6.07, 6.45) is 10.1. The Morgan fingerprint density at radius 3 is 2.56 bits per heavy atom. The highest BCUT2D eigenvalue weighted by atomic mass is 16.3. The summed E-state index contributed by atoms with van der Waals surface area (Å²) in [5, 5.41) is 10.3. The highest BCUT2D eigenvalue weighted by molar-refractivity contribution is 4.89. The molecule has 0 bridgehead atoms. The molecule has 2 heteroatoms. The van der Waals surface area contributed by atoms with Crippen molar-refractivity contribution in [2.24, 2.45) is 11.8 Å². The summed E-state index contributed by atoms with van der Waals surface area (Å²) in [6.45, 7) is 4.67. The molecule has 0 spiro atoms. The van der Waals surface area contributed by atoms with Crippen molar-refractivity contribution in [2.75, 3.05) is 7.05 Å². The minimum atomic E-state index is -0.0879. The summed E-state index contributed by atoms with van der Waals surface area (Å²) in [5.74, 6) is 1.70. The second-order valence-corrected chi connectivity index (χ2v) is 6.81. The maximum Gasteiger partial charge on any atom is 0.0695 e. The number of hydrogen-bond acceptors (Lipinski definition) is 2. The molecule has 5 unspecified atom stereocenters. The molecular formula is C16H31NO. The highest BCUT2D eigenvalue weighted by Gasteiger charge is 2.35. The first-order valence-corrected chi connectivity index (χ1v) is 8.01. The van der Waals surface area contributed by atoms with E-state index in [1.807, 2.05) is 0 Å². The number of aliphatic hydroxyl groups is 1. The van der Waals surface area contributed by atoms with Gasteiger partial charge in [-0.1, -0.05) is 33.1 Å². The van der Waals surface area contributed by atoms with E-state index in [0.717, 1.165) is 18.3 Å². The third-order valence-electron chi connectivity index (χ3n) is 5.47. The Labute approximate surface area is 113 Å². The van der Waals surface area contributed by atoms with Crippen molar-refractivity contribution in [1.29, 1.82) is 0 Å². The summed E-state index contributed by atoms with van der Waals surface area (Å²) >= 11 is 0. The van der Waals surface area contributed by atoms with E-state index in [-0.39, 0.29) is 6.10 Å². The minimum Gasteiger partial charge on any atom is -0.391 e. The second-order valence-electron chi connectivity index (χ2n) is 6.81. The third kappa shape index (κ3) is 3.27. The molecule has 2 rings (SSSR count). The number of likely N-dealkylation sites (N-methyl/N-ethyl adjacent to an activating group) is 1. The predicted molar refractivity (Wildman–Crippen MR) is 76.6 cm³/mol. The third-order valence-corrected chi connectivity index (χ3v) is 5.47. The van der Waals surface area contributed by atoms with Gasteiger partial charge in [-0.25, -0.2) is 0 Å². The lowest BCUT2D eigenvalue weighted by Gasteiger charge is -2.44. The fraction of sp³-hybridized carbons (Fsp3) is 1.00. The molecule has 0 aromatic rings. The lowest BCUT2D eigenvalue weighted by Crippen LogP contribution is -2.50. The first kappa shape index (κ1) is 14.3. The molecule has 2 saturated carbocycles. The van der Waals surface area contributed by atoms with Crippen molar-refractivity contribution >= 4 is 0 Å². The number of nitrogens with zero attached hydrogens (tertiary/aromatic N) is 1. The van der Waals surface area contributed by atoms with Crippen molar-refractivity contribution < 1.29 is 5.11 Å². The molecule has 18 heavy (non-hydrogen) atoms. The van der Waals surface area contributed by atoms with Crippen molar-refractivity contribution in [3.05, 3.63) is 0 Å². The van der Waals surface area contributed by atoms with Crippen LogP contribution in [0.2, 0.25) is 0 Å². The summed E-state index contributed by atoms with van der Waals surface area (Å²) < 4.78 is 0. The van der Waals surface area contributed by atoms with Crippen molar-refractivity contribution in [3.8, 4) is 0 Å². The molecule has 106 valence electrons. The zero-order valence-electron chi connectivity index (χ0n) is 12.4. The zero-order valence-corrected chi connectivity index (χ0v) is 12.4. The molecule has 2 fully saturated rings. The van der Waals surface area contributed by atoms with Gasteiger partial charge in [0.1, 0.15) is 0 Å². The maximum absolute atomic E-state index is 10.3. The van der Waals surface area contributed by atoms with Crippen LogP contribution in [0.4, 0.5) is 0 Å². The van der Waals surface area contributed by atoms with Crippen LogP contribution in [0.3, 0.4) is 0 Å². The SMILES string of the molecule is CCC1CCC(O)C(N(C)C2CCCC(C)C2)C1. The van der Waals surface area contributed by atoms with Crippen molar-refractivity contribution in [3.63, 3.8) is 0 Å². The Morgan fingerprint density at radius 1 is 1.11 bits per heavy atom. The van der Waals surface area contributed by atoms with E-state index in [2.05, 4.69) is 25.8 Å². The molecule has 1 N–H and O–H groups in total. The van der Waals surface area contributed by atoms with Gasteiger partial charge in [-0.2, -0.15) is 0 Å². The van der Waals surface area contributed by atoms with Crippen LogP contribution in [0, 0.1) is 11.8 Å². The Morgan fingerprint density at radius 2 is 1.89 bits per heavy atom. The van der Waals surface area contributed by atoms with E-state index < -0.39 is 0 Å². The average Bonchev–Trinajstić information content (AvgIpc) is 2.38. The van der Waals surface area contributed by atoms with Gasteiger partial charge >= 0.3 is 0 Å². The molecule has 0 heterocycles. The molecule has 2 nitrogen and oxygen atoms in total. The first-order chi connectivity index (χ1) is 8.61. The molecule has 0 amide bonds. The molecule has 5 atom stereocenters. The van der Waals surface area contributed by atoms with Crippen LogP contribution >= 0.6 is 0 Å². The van der Waals surface area contributed by atoms with Gasteiger partial charge in [0.2, 0.25) is 0 Å². The van der Waals surface area contributed by atoms with Gasteiger partial charge in [0.05, 0.1) is 6.10 Å². The molecule has 2 aliphatic rings. The molecule has 0 aromatic heterocycles. The number of aliphatic hydroxyl groups excluding tert-OH is 1. The lowest BCUT2D eigenvalue weighted by molar-refractivity contribution is -0.0142.